The Bertz CT molecular complexity index is 467. The highest BCUT2D eigenvalue weighted by Crippen LogP contribution is 2.14. The average molecular weight is 250 g/mol. The summed E-state index contributed by atoms with van der Waals surface area (Å²) in [6.07, 6.45) is 2.09. The lowest BCUT2D eigenvalue weighted by molar-refractivity contribution is 0.0546. The summed E-state index contributed by atoms with van der Waals surface area (Å²) in [6.45, 7) is 0.982. The Morgan fingerprint density at radius 2 is 2.00 bits per heavy atom. The van der Waals surface area contributed by atoms with Crippen LogP contribution in [0.2, 0.25) is 0 Å². The third kappa shape index (κ3) is 2.65. The molecule has 0 unspecified atom stereocenters. The second-order valence-corrected chi connectivity index (χ2v) is 4.26. The molecule has 18 heavy (non-hydrogen) atoms. The van der Waals surface area contributed by atoms with Gasteiger partial charge in [0.1, 0.15) is 5.69 Å². The summed E-state index contributed by atoms with van der Waals surface area (Å²) < 4.78 is 0. The molecule has 0 radical (unpaired) electrons. The minimum absolute atomic E-state index is 0.141. The number of aliphatic hydroxyl groups is 1. The SMILES string of the molecule is O=C(O)c1cc(C(=O)N2CCC(O)CC2)ccn1. The number of aromatic nitrogens is 1. The predicted octanol–water partition coefficient (Wildman–Crippen LogP) is 0.377. The van der Waals surface area contributed by atoms with Crippen molar-refractivity contribution in [1.29, 1.82) is 0 Å². The first-order valence-corrected chi connectivity index (χ1v) is 5.74. The molecule has 0 saturated carbocycles. The van der Waals surface area contributed by atoms with Gasteiger partial charge >= 0.3 is 5.97 Å². The van der Waals surface area contributed by atoms with Gasteiger partial charge in [0.2, 0.25) is 0 Å². The number of carboxylic acids is 1. The van der Waals surface area contributed by atoms with Crippen LogP contribution in [0.4, 0.5) is 0 Å². The fraction of sp³-hybridized carbons (Fsp3) is 0.417. The molecule has 0 bridgehead atoms. The molecule has 6 nitrogen and oxygen atoms in total. The second-order valence-electron chi connectivity index (χ2n) is 4.26. The molecule has 1 amide bonds. The predicted molar refractivity (Wildman–Crippen MR) is 62.3 cm³/mol. The number of nitrogens with zero attached hydrogens (tertiary/aromatic N) is 2. The highest BCUT2D eigenvalue weighted by Gasteiger charge is 2.22. The van der Waals surface area contributed by atoms with Crippen LogP contribution in [0.15, 0.2) is 18.3 Å². The molecule has 0 spiro atoms. The number of amides is 1. The van der Waals surface area contributed by atoms with Gasteiger partial charge in [-0.2, -0.15) is 0 Å². The minimum Gasteiger partial charge on any atom is -0.477 e. The van der Waals surface area contributed by atoms with Gasteiger partial charge in [0.25, 0.3) is 5.91 Å². The van der Waals surface area contributed by atoms with Crippen LogP contribution in [0.3, 0.4) is 0 Å². The van der Waals surface area contributed by atoms with Crippen molar-refractivity contribution in [3.8, 4) is 0 Å². The Balaban J connectivity index is 2.13. The van der Waals surface area contributed by atoms with Crippen molar-refractivity contribution in [2.75, 3.05) is 13.1 Å². The smallest absolute Gasteiger partial charge is 0.354 e. The lowest BCUT2D eigenvalue weighted by atomic mass is 10.1. The van der Waals surface area contributed by atoms with E-state index in [0.29, 0.717) is 31.5 Å². The van der Waals surface area contributed by atoms with Crippen LogP contribution in [-0.2, 0) is 0 Å². The van der Waals surface area contributed by atoms with Crippen LogP contribution in [0.25, 0.3) is 0 Å². The number of likely N-dealkylation sites (tertiary alicyclic amines) is 1. The molecule has 2 heterocycles. The van der Waals surface area contributed by atoms with Gasteiger partial charge in [0, 0.05) is 24.8 Å². The second kappa shape index (κ2) is 5.14. The van der Waals surface area contributed by atoms with Gasteiger partial charge < -0.3 is 15.1 Å². The number of aromatic carboxylic acids is 1. The number of hydrogen-bond donors (Lipinski definition) is 2. The molecule has 1 aromatic heterocycles. The Kier molecular flexibility index (Phi) is 3.57. The largest absolute Gasteiger partial charge is 0.477 e. The number of carbonyl (C=O) groups excluding carboxylic acids is 1. The average Bonchev–Trinajstić information content (AvgIpc) is 2.39. The van der Waals surface area contributed by atoms with Gasteiger partial charge in [-0.1, -0.05) is 0 Å². The first-order valence-electron chi connectivity index (χ1n) is 5.74. The van der Waals surface area contributed by atoms with Crippen molar-refractivity contribution in [3.63, 3.8) is 0 Å². The number of piperidine rings is 1. The highest BCUT2D eigenvalue weighted by atomic mass is 16.4. The molecular weight excluding hydrogens is 236 g/mol. The van der Waals surface area contributed by atoms with Gasteiger partial charge in [-0.05, 0) is 25.0 Å². The topological polar surface area (TPSA) is 90.7 Å². The minimum atomic E-state index is -1.15. The maximum absolute atomic E-state index is 12.1. The van der Waals surface area contributed by atoms with Crippen LogP contribution in [0.1, 0.15) is 33.7 Å². The van der Waals surface area contributed by atoms with E-state index in [2.05, 4.69) is 4.98 Å². The molecule has 6 heteroatoms. The van der Waals surface area contributed by atoms with E-state index in [-0.39, 0.29) is 17.7 Å². The van der Waals surface area contributed by atoms with E-state index in [0.717, 1.165) is 0 Å². The van der Waals surface area contributed by atoms with Crippen molar-refractivity contribution < 1.29 is 19.8 Å². The molecule has 1 saturated heterocycles. The summed E-state index contributed by atoms with van der Waals surface area (Å²) in [5, 5.41) is 18.2. The molecule has 0 aromatic carbocycles. The molecule has 96 valence electrons. The third-order valence-corrected chi connectivity index (χ3v) is 2.98. The summed E-state index contributed by atoms with van der Waals surface area (Å²) in [5.74, 6) is -1.37. The molecule has 0 atom stereocenters. The lowest BCUT2D eigenvalue weighted by Crippen LogP contribution is -2.40. The normalized spacial score (nSPS) is 16.6. The molecule has 1 aliphatic rings. The number of rotatable bonds is 2. The zero-order valence-electron chi connectivity index (χ0n) is 9.74. The third-order valence-electron chi connectivity index (χ3n) is 2.98. The molecular formula is C12H14N2O4. The van der Waals surface area contributed by atoms with Crippen molar-refractivity contribution in [2.24, 2.45) is 0 Å². The molecule has 2 N–H and O–H groups in total. The van der Waals surface area contributed by atoms with E-state index in [1.807, 2.05) is 0 Å². The zero-order chi connectivity index (χ0) is 13.1. The van der Waals surface area contributed by atoms with E-state index in [1.54, 1.807) is 4.90 Å². The summed E-state index contributed by atoms with van der Waals surface area (Å²) in [4.78, 5) is 28.2. The van der Waals surface area contributed by atoms with E-state index >= 15 is 0 Å². The summed E-state index contributed by atoms with van der Waals surface area (Å²) in [5.41, 5.74) is 0.177. The number of aliphatic hydroxyl groups excluding tert-OH is 1. The fourth-order valence-electron chi connectivity index (χ4n) is 1.93. The number of carboxylic acid groups (broad SMARTS) is 1. The van der Waals surface area contributed by atoms with E-state index in [4.69, 9.17) is 5.11 Å². The summed E-state index contributed by atoms with van der Waals surface area (Å²) in [6, 6.07) is 2.77. The first-order chi connectivity index (χ1) is 8.58. The van der Waals surface area contributed by atoms with E-state index in [1.165, 1.54) is 18.3 Å². The standard InChI is InChI=1S/C12H14N2O4/c15-9-2-5-14(6-3-9)11(16)8-1-4-13-10(7-8)12(17)18/h1,4,7,9,15H,2-3,5-6H2,(H,17,18). The maximum Gasteiger partial charge on any atom is 0.354 e. The quantitative estimate of drug-likeness (QED) is 0.791. The molecule has 1 aliphatic heterocycles. The van der Waals surface area contributed by atoms with Crippen LogP contribution < -0.4 is 0 Å². The molecule has 1 fully saturated rings. The number of carbonyl (C=O) groups is 2. The van der Waals surface area contributed by atoms with Crippen molar-refractivity contribution >= 4 is 11.9 Å². The van der Waals surface area contributed by atoms with Gasteiger partial charge in [-0.3, -0.25) is 4.79 Å². The molecule has 0 aliphatic carbocycles. The van der Waals surface area contributed by atoms with Crippen LogP contribution in [-0.4, -0.2) is 51.2 Å². The van der Waals surface area contributed by atoms with Gasteiger partial charge in [-0.25, -0.2) is 9.78 Å². The molecule has 1 aromatic rings. The van der Waals surface area contributed by atoms with Crippen molar-refractivity contribution in [2.45, 2.75) is 18.9 Å². The van der Waals surface area contributed by atoms with Gasteiger partial charge in [0.15, 0.2) is 0 Å². The number of pyridine rings is 1. The molecule has 2 rings (SSSR count). The van der Waals surface area contributed by atoms with Crippen LogP contribution in [0, 0.1) is 0 Å². The Morgan fingerprint density at radius 3 is 2.61 bits per heavy atom. The van der Waals surface area contributed by atoms with Gasteiger partial charge in [0.05, 0.1) is 6.10 Å². The van der Waals surface area contributed by atoms with Gasteiger partial charge in [-0.15, -0.1) is 0 Å². The highest BCUT2D eigenvalue weighted by molar-refractivity contribution is 5.96. The Hall–Kier alpha value is -1.95. The van der Waals surface area contributed by atoms with E-state index in [9.17, 15) is 14.7 Å². The fourth-order valence-corrected chi connectivity index (χ4v) is 1.93. The van der Waals surface area contributed by atoms with Crippen LogP contribution >= 0.6 is 0 Å². The Labute approximate surface area is 104 Å². The zero-order valence-corrected chi connectivity index (χ0v) is 9.74. The first kappa shape index (κ1) is 12.5. The van der Waals surface area contributed by atoms with E-state index < -0.39 is 5.97 Å². The monoisotopic (exact) mass is 250 g/mol. The Morgan fingerprint density at radius 1 is 1.33 bits per heavy atom. The van der Waals surface area contributed by atoms with Crippen LogP contribution in [0.5, 0.6) is 0 Å². The van der Waals surface area contributed by atoms with Crippen molar-refractivity contribution in [1.82, 2.24) is 9.88 Å². The maximum atomic E-state index is 12.1. The number of hydrogen-bond acceptors (Lipinski definition) is 4. The lowest BCUT2D eigenvalue weighted by Gasteiger charge is -2.29. The van der Waals surface area contributed by atoms with Crippen molar-refractivity contribution in [3.05, 3.63) is 29.6 Å². The summed E-state index contributed by atoms with van der Waals surface area (Å²) in [7, 11) is 0. The summed E-state index contributed by atoms with van der Waals surface area (Å²) >= 11 is 0.